The predicted octanol–water partition coefficient (Wildman–Crippen LogP) is 3.66. The molecule has 0 amide bonds. The molecule has 0 bridgehead atoms. The monoisotopic (exact) mass is 254 g/mol. The zero-order valence-electron chi connectivity index (χ0n) is 10.7. The number of H-pyrrole nitrogens is 1. The molecule has 3 N–H and O–H groups in total. The van der Waals surface area contributed by atoms with Crippen molar-refractivity contribution in [2.75, 3.05) is 0 Å². The highest BCUT2D eigenvalue weighted by molar-refractivity contribution is 5.85. The van der Waals surface area contributed by atoms with E-state index in [0.717, 1.165) is 22.2 Å². The SMILES string of the molecule is Cc1[nH]c2ccccc2c1C(N)c1ccccc1F. The van der Waals surface area contributed by atoms with E-state index in [1.807, 2.05) is 37.3 Å². The molecular formula is C16H15FN2. The highest BCUT2D eigenvalue weighted by atomic mass is 19.1. The average molecular weight is 254 g/mol. The fraction of sp³-hybridized carbons (Fsp3) is 0.125. The van der Waals surface area contributed by atoms with E-state index in [0.29, 0.717) is 5.56 Å². The van der Waals surface area contributed by atoms with Gasteiger partial charge in [0.25, 0.3) is 0 Å². The van der Waals surface area contributed by atoms with Gasteiger partial charge in [0.1, 0.15) is 5.82 Å². The third-order valence-electron chi connectivity index (χ3n) is 3.49. The molecule has 0 spiro atoms. The lowest BCUT2D eigenvalue weighted by molar-refractivity contribution is 0.600. The highest BCUT2D eigenvalue weighted by Crippen LogP contribution is 2.31. The minimum absolute atomic E-state index is 0.264. The van der Waals surface area contributed by atoms with Gasteiger partial charge in [-0.1, -0.05) is 36.4 Å². The number of rotatable bonds is 2. The Bertz CT molecular complexity index is 730. The molecule has 3 aromatic rings. The molecule has 3 heteroatoms. The lowest BCUT2D eigenvalue weighted by Gasteiger charge is -2.13. The number of hydrogen-bond acceptors (Lipinski definition) is 1. The Kier molecular flexibility index (Phi) is 2.84. The summed E-state index contributed by atoms with van der Waals surface area (Å²) in [6.07, 6.45) is 0. The van der Waals surface area contributed by atoms with Gasteiger partial charge in [0.05, 0.1) is 6.04 Å². The molecule has 3 rings (SSSR count). The molecule has 0 saturated heterocycles. The highest BCUT2D eigenvalue weighted by Gasteiger charge is 2.19. The van der Waals surface area contributed by atoms with Gasteiger partial charge in [-0.25, -0.2) is 4.39 Å². The summed E-state index contributed by atoms with van der Waals surface area (Å²) in [6.45, 7) is 1.97. The molecule has 2 aromatic carbocycles. The molecule has 19 heavy (non-hydrogen) atoms. The van der Waals surface area contributed by atoms with E-state index >= 15 is 0 Å². The largest absolute Gasteiger partial charge is 0.358 e. The van der Waals surface area contributed by atoms with E-state index in [2.05, 4.69) is 4.98 Å². The van der Waals surface area contributed by atoms with Crippen LogP contribution >= 0.6 is 0 Å². The van der Waals surface area contributed by atoms with Crippen LogP contribution in [0.25, 0.3) is 10.9 Å². The van der Waals surface area contributed by atoms with Gasteiger partial charge in [-0.15, -0.1) is 0 Å². The molecule has 1 unspecified atom stereocenters. The fourth-order valence-electron chi connectivity index (χ4n) is 2.58. The minimum atomic E-state index is -0.461. The first kappa shape index (κ1) is 11.9. The van der Waals surface area contributed by atoms with Crippen LogP contribution in [0.2, 0.25) is 0 Å². The van der Waals surface area contributed by atoms with Crippen molar-refractivity contribution in [2.24, 2.45) is 5.73 Å². The van der Waals surface area contributed by atoms with Crippen LogP contribution in [0.4, 0.5) is 4.39 Å². The molecule has 1 aromatic heterocycles. The maximum atomic E-state index is 13.9. The number of halogens is 1. The van der Waals surface area contributed by atoms with Crippen LogP contribution in [0.15, 0.2) is 48.5 Å². The van der Waals surface area contributed by atoms with Gasteiger partial charge in [-0.3, -0.25) is 0 Å². The number of nitrogens with one attached hydrogen (secondary N) is 1. The van der Waals surface area contributed by atoms with E-state index in [-0.39, 0.29) is 5.82 Å². The third kappa shape index (κ3) is 1.92. The summed E-state index contributed by atoms with van der Waals surface area (Å²) < 4.78 is 13.9. The number of aromatic amines is 1. The van der Waals surface area contributed by atoms with Crippen molar-refractivity contribution < 1.29 is 4.39 Å². The van der Waals surface area contributed by atoms with Crippen molar-refractivity contribution in [1.82, 2.24) is 4.98 Å². The molecule has 1 heterocycles. The molecule has 0 radical (unpaired) electrons. The fourth-order valence-corrected chi connectivity index (χ4v) is 2.58. The summed E-state index contributed by atoms with van der Waals surface area (Å²) in [6, 6.07) is 14.1. The second-order valence-corrected chi connectivity index (χ2v) is 4.71. The third-order valence-corrected chi connectivity index (χ3v) is 3.49. The quantitative estimate of drug-likeness (QED) is 0.720. The van der Waals surface area contributed by atoms with Crippen LogP contribution < -0.4 is 5.73 Å². The molecule has 2 nitrogen and oxygen atoms in total. The van der Waals surface area contributed by atoms with Crippen LogP contribution in [0.1, 0.15) is 22.9 Å². The average Bonchev–Trinajstić information content (AvgIpc) is 2.74. The van der Waals surface area contributed by atoms with Crippen molar-refractivity contribution in [3.8, 4) is 0 Å². The van der Waals surface area contributed by atoms with Gasteiger partial charge >= 0.3 is 0 Å². The van der Waals surface area contributed by atoms with E-state index in [4.69, 9.17) is 5.73 Å². The Balaban J connectivity index is 2.19. The van der Waals surface area contributed by atoms with Crippen LogP contribution in [-0.2, 0) is 0 Å². The van der Waals surface area contributed by atoms with Crippen LogP contribution in [0.5, 0.6) is 0 Å². The number of aryl methyl sites for hydroxylation is 1. The number of nitrogens with two attached hydrogens (primary N) is 1. The van der Waals surface area contributed by atoms with Crippen molar-refractivity contribution in [3.63, 3.8) is 0 Å². The zero-order chi connectivity index (χ0) is 13.4. The van der Waals surface area contributed by atoms with Crippen LogP contribution in [0, 0.1) is 12.7 Å². The normalized spacial score (nSPS) is 12.8. The Hall–Kier alpha value is -2.13. The molecular weight excluding hydrogens is 239 g/mol. The first-order chi connectivity index (χ1) is 9.18. The summed E-state index contributed by atoms with van der Waals surface area (Å²) in [5.74, 6) is -0.264. The maximum Gasteiger partial charge on any atom is 0.128 e. The van der Waals surface area contributed by atoms with Crippen LogP contribution in [-0.4, -0.2) is 4.98 Å². The van der Waals surface area contributed by atoms with E-state index in [1.165, 1.54) is 6.07 Å². The van der Waals surface area contributed by atoms with Gasteiger partial charge in [0.15, 0.2) is 0 Å². The molecule has 0 fully saturated rings. The second-order valence-electron chi connectivity index (χ2n) is 4.71. The lowest BCUT2D eigenvalue weighted by atomic mass is 9.96. The number of hydrogen-bond donors (Lipinski definition) is 2. The summed E-state index contributed by atoms with van der Waals surface area (Å²) in [7, 11) is 0. The first-order valence-electron chi connectivity index (χ1n) is 6.25. The topological polar surface area (TPSA) is 41.8 Å². The number of fused-ring (bicyclic) bond motifs is 1. The Morgan fingerprint density at radius 2 is 1.74 bits per heavy atom. The first-order valence-corrected chi connectivity index (χ1v) is 6.25. The number of benzene rings is 2. The number of para-hydroxylation sites is 1. The molecule has 0 aliphatic carbocycles. The second kappa shape index (κ2) is 4.52. The van der Waals surface area contributed by atoms with Crippen molar-refractivity contribution in [1.29, 1.82) is 0 Å². The summed E-state index contributed by atoms with van der Waals surface area (Å²) in [5, 5.41) is 1.05. The van der Waals surface area contributed by atoms with Gasteiger partial charge < -0.3 is 10.7 Å². The number of aromatic nitrogens is 1. The predicted molar refractivity (Wildman–Crippen MR) is 75.5 cm³/mol. The van der Waals surface area contributed by atoms with Gasteiger partial charge in [0.2, 0.25) is 0 Å². The molecule has 0 aliphatic heterocycles. The molecule has 0 aliphatic rings. The summed E-state index contributed by atoms with van der Waals surface area (Å²) in [4.78, 5) is 3.29. The molecule has 1 atom stereocenters. The summed E-state index contributed by atoms with van der Waals surface area (Å²) in [5.41, 5.74) is 9.76. The maximum absolute atomic E-state index is 13.9. The van der Waals surface area contributed by atoms with Gasteiger partial charge in [0, 0.05) is 27.7 Å². The Labute approximate surface area is 111 Å². The van der Waals surface area contributed by atoms with Crippen molar-refractivity contribution in [2.45, 2.75) is 13.0 Å². The summed E-state index contributed by atoms with van der Waals surface area (Å²) >= 11 is 0. The van der Waals surface area contributed by atoms with E-state index in [1.54, 1.807) is 12.1 Å². The smallest absolute Gasteiger partial charge is 0.128 e. The van der Waals surface area contributed by atoms with Crippen molar-refractivity contribution in [3.05, 3.63) is 71.2 Å². The lowest BCUT2D eigenvalue weighted by Crippen LogP contribution is -2.14. The van der Waals surface area contributed by atoms with Gasteiger partial charge in [-0.05, 0) is 19.1 Å². The van der Waals surface area contributed by atoms with E-state index < -0.39 is 6.04 Å². The Morgan fingerprint density at radius 1 is 1.05 bits per heavy atom. The standard InChI is InChI=1S/C16H15FN2/c1-10-15(12-7-3-5-9-14(12)19-10)16(18)11-6-2-4-8-13(11)17/h2-9,16,19H,18H2,1H3. The zero-order valence-corrected chi connectivity index (χ0v) is 10.7. The van der Waals surface area contributed by atoms with Crippen molar-refractivity contribution >= 4 is 10.9 Å². The van der Waals surface area contributed by atoms with Crippen LogP contribution in [0.3, 0.4) is 0 Å². The van der Waals surface area contributed by atoms with Gasteiger partial charge in [-0.2, -0.15) is 0 Å². The minimum Gasteiger partial charge on any atom is -0.358 e. The molecule has 0 saturated carbocycles. The van der Waals surface area contributed by atoms with E-state index in [9.17, 15) is 4.39 Å². The Morgan fingerprint density at radius 3 is 2.53 bits per heavy atom. The molecule has 96 valence electrons.